The monoisotopic (exact) mass is 508 g/mol. The minimum Gasteiger partial charge on any atom is -0.495 e. The molecule has 1 atom stereocenters. The number of allylic oxidation sites excluding steroid dienone is 3. The smallest absolute Gasteiger partial charge is 0.254 e. The molecule has 1 heterocycles. The summed E-state index contributed by atoms with van der Waals surface area (Å²) in [6.45, 7) is 11.3. The van der Waals surface area contributed by atoms with E-state index in [4.69, 9.17) is 4.74 Å². The summed E-state index contributed by atoms with van der Waals surface area (Å²) in [6.07, 6.45) is 8.13. The second kappa shape index (κ2) is 13.5. The van der Waals surface area contributed by atoms with Gasteiger partial charge in [-0.1, -0.05) is 31.7 Å². The summed E-state index contributed by atoms with van der Waals surface area (Å²) in [5.41, 5.74) is 3.09. The van der Waals surface area contributed by atoms with Crippen molar-refractivity contribution >= 4 is 22.6 Å². The van der Waals surface area contributed by atoms with Gasteiger partial charge in [0.1, 0.15) is 16.7 Å². The van der Waals surface area contributed by atoms with Crippen LogP contribution in [0.1, 0.15) is 29.3 Å². The van der Waals surface area contributed by atoms with Crippen molar-refractivity contribution in [1.82, 2.24) is 14.9 Å². The maximum Gasteiger partial charge on any atom is 0.254 e. The topological polar surface area (TPSA) is 73.9 Å². The fourth-order valence-electron chi connectivity index (χ4n) is 3.92. The third-order valence-corrected chi connectivity index (χ3v) is 7.06. The molecule has 2 N–H and O–H groups in total. The van der Waals surface area contributed by atoms with Crippen LogP contribution < -0.4 is 19.7 Å². The Morgan fingerprint density at radius 1 is 1.17 bits per heavy atom. The lowest BCUT2D eigenvalue weighted by atomic mass is 10.1. The largest absolute Gasteiger partial charge is 0.495 e. The van der Waals surface area contributed by atoms with Crippen molar-refractivity contribution in [2.24, 2.45) is 0 Å². The molecule has 0 saturated carbocycles. The number of benzene rings is 2. The lowest BCUT2D eigenvalue weighted by Crippen LogP contribution is -2.49. The molecule has 0 spiro atoms. The summed E-state index contributed by atoms with van der Waals surface area (Å²) in [7, 11) is 0.136. The predicted octanol–water partition coefficient (Wildman–Crippen LogP) is 4.16. The molecule has 0 radical (unpaired) electrons. The van der Waals surface area contributed by atoms with E-state index in [0.717, 1.165) is 30.0 Å². The number of amides is 1. The van der Waals surface area contributed by atoms with Crippen LogP contribution in [0.4, 0.5) is 5.69 Å². The summed E-state index contributed by atoms with van der Waals surface area (Å²) in [5, 5.41) is 3.16. The van der Waals surface area contributed by atoms with Crippen LogP contribution in [0.25, 0.3) is 0 Å². The maximum atomic E-state index is 13.4. The Labute approximate surface area is 217 Å². The predicted molar refractivity (Wildman–Crippen MR) is 148 cm³/mol. The average Bonchev–Trinajstić information content (AvgIpc) is 2.92. The van der Waals surface area contributed by atoms with Crippen LogP contribution in [0, 0.1) is 6.92 Å². The van der Waals surface area contributed by atoms with Gasteiger partial charge < -0.3 is 24.6 Å². The van der Waals surface area contributed by atoms with Crippen molar-refractivity contribution in [3.05, 3.63) is 90.3 Å². The van der Waals surface area contributed by atoms with Gasteiger partial charge in [-0.05, 0) is 67.6 Å². The standard InChI is InChI=1S/C28H36N4O3S/c1-5-15-29-16-9-10-23(6-2)30-36(34)24-14-13-22(3)25(21-24)28(33)32-19-17-31(18-20-32)26-11-7-8-12-27(26)35-4/h6-14,16,21,29-30H,2,5,15,17-20H2,1,3-4H3/b16-9+,23-10+. The number of nitrogens with one attached hydrogen (secondary N) is 2. The number of anilines is 1. The van der Waals surface area contributed by atoms with Crippen molar-refractivity contribution in [3.8, 4) is 5.75 Å². The molecule has 2 aromatic carbocycles. The number of aryl methyl sites for hydroxylation is 1. The Kier molecular flexibility index (Phi) is 10.2. The van der Waals surface area contributed by atoms with Gasteiger partial charge in [-0.15, -0.1) is 0 Å². The Balaban J connectivity index is 1.67. The van der Waals surface area contributed by atoms with E-state index in [-0.39, 0.29) is 5.91 Å². The quantitative estimate of drug-likeness (QED) is 0.352. The zero-order valence-electron chi connectivity index (χ0n) is 21.3. The van der Waals surface area contributed by atoms with Crippen LogP contribution in [0.3, 0.4) is 0 Å². The molecule has 192 valence electrons. The third kappa shape index (κ3) is 7.01. The van der Waals surface area contributed by atoms with E-state index in [1.54, 1.807) is 31.4 Å². The first-order valence-electron chi connectivity index (χ1n) is 12.2. The van der Waals surface area contributed by atoms with E-state index < -0.39 is 11.0 Å². The minimum atomic E-state index is -1.53. The van der Waals surface area contributed by atoms with Gasteiger partial charge in [0.15, 0.2) is 0 Å². The minimum absolute atomic E-state index is 0.0459. The molecule has 36 heavy (non-hydrogen) atoms. The number of rotatable bonds is 11. The Hall–Kier alpha value is -3.52. The highest BCUT2D eigenvalue weighted by Gasteiger charge is 2.25. The number of para-hydroxylation sites is 2. The summed E-state index contributed by atoms with van der Waals surface area (Å²) in [6, 6.07) is 13.3. The molecule has 1 amide bonds. The van der Waals surface area contributed by atoms with Crippen LogP contribution in [0.2, 0.25) is 0 Å². The van der Waals surface area contributed by atoms with E-state index >= 15 is 0 Å². The van der Waals surface area contributed by atoms with E-state index in [2.05, 4.69) is 28.4 Å². The molecular formula is C28H36N4O3S. The number of carbonyl (C=O) groups is 1. The van der Waals surface area contributed by atoms with Gasteiger partial charge in [-0.2, -0.15) is 0 Å². The number of nitrogens with zero attached hydrogens (tertiary/aromatic N) is 2. The van der Waals surface area contributed by atoms with Gasteiger partial charge >= 0.3 is 0 Å². The molecule has 1 unspecified atom stereocenters. The second-order valence-electron chi connectivity index (χ2n) is 8.44. The zero-order valence-corrected chi connectivity index (χ0v) is 22.1. The average molecular weight is 509 g/mol. The molecule has 1 fully saturated rings. The van der Waals surface area contributed by atoms with E-state index in [1.807, 2.05) is 54.4 Å². The highest BCUT2D eigenvalue weighted by atomic mass is 32.2. The van der Waals surface area contributed by atoms with Crippen LogP contribution in [-0.2, 0) is 11.0 Å². The van der Waals surface area contributed by atoms with Crippen molar-refractivity contribution in [3.63, 3.8) is 0 Å². The number of hydrogen-bond acceptors (Lipinski definition) is 5. The summed E-state index contributed by atoms with van der Waals surface area (Å²) < 4.78 is 21.5. The second-order valence-corrected chi connectivity index (χ2v) is 9.65. The van der Waals surface area contributed by atoms with Gasteiger partial charge in [0.2, 0.25) is 0 Å². The Morgan fingerprint density at radius 3 is 2.61 bits per heavy atom. The van der Waals surface area contributed by atoms with E-state index in [0.29, 0.717) is 42.3 Å². The van der Waals surface area contributed by atoms with Gasteiger partial charge in [-0.25, -0.2) is 4.21 Å². The summed E-state index contributed by atoms with van der Waals surface area (Å²) in [4.78, 5) is 18.0. The fourth-order valence-corrected chi connectivity index (χ4v) is 4.82. The van der Waals surface area contributed by atoms with Crippen LogP contribution in [0.15, 0.2) is 84.1 Å². The molecular weight excluding hydrogens is 472 g/mol. The lowest BCUT2D eigenvalue weighted by Gasteiger charge is -2.36. The normalized spacial score (nSPS) is 15.0. The molecule has 0 bridgehead atoms. The Morgan fingerprint density at radius 2 is 1.92 bits per heavy atom. The van der Waals surface area contributed by atoms with Gasteiger partial charge in [0.25, 0.3) is 5.91 Å². The number of hydrogen-bond donors (Lipinski definition) is 2. The van der Waals surface area contributed by atoms with E-state index in [1.165, 1.54) is 0 Å². The molecule has 3 rings (SSSR count). The van der Waals surface area contributed by atoms with Crippen LogP contribution in [-0.4, -0.2) is 54.8 Å². The van der Waals surface area contributed by atoms with Crippen LogP contribution in [0.5, 0.6) is 5.75 Å². The van der Waals surface area contributed by atoms with Gasteiger partial charge in [0.05, 0.1) is 17.7 Å². The summed E-state index contributed by atoms with van der Waals surface area (Å²) in [5.74, 6) is 0.784. The van der Waals surface area contributed by atoms with Crippen molar-refractivity contribution in [1.29, 1.82) is 0 Å². The van der Waals surface area contributed by atoms with Crippen molar-refractivity contribution in [2.75, 3.05) is 44.7 Å². The number of ether oxygens (including phenoxy) is 1. The molecule has 1 aliphatic rings. The van der Waals surface area contributed by atoms with Crippen molar-refractivity contribution < 1.29 is 13.7 Å². The van der Waals surface area contributed by atoms with E-state index in [9.17, 15) is 9.00 Å². The van der Waals surface area contributed by atoms with Crippen molar-refractivity contribution in [2.45, 2.75) is 25.2 Å². The molecule has 0 aromatic heterocycles. The summed E-state index contributed by atoms with van der Waals surface area (Å²) >= 11 is 0. The fraction of sp³-hybridized carbons (Fsp3) is 0.321. The Bertz CT molecular complexity index is 1140. The maximum absolute atomic E-state index is 13.4. The highest BCUT2D eigenvalue weighted by molar-refractivity contribution is 7.83. The SMILES string of the molecule is C=C/C(=C\C=C\NCCC)NS(=O)c1ccc(C)c(C(=O)N2CCN(c3ccccc3OC)CC2)c1. The highest BCUT2D eigenvalue weighted by Crippen LogP contribution is 2.28. The lowest BCUT2D eigenvalue weighted by molar-refractivity contribution is 0.0745. The first-order chi connectivity index (χ1) is 17.5. The number of carbonyl (C=O) groups excluding carboxylic acids is 1. The van der Waals surface area contributed by atoms with Crippen LogP contribution >= 0.6 is 0 Å². The first kappa shape index (κ1) is 27.1. The number of methoxy groups -OCH3 is 1. The molecule has 0 aliphatic carbocycles. The molecule has 7 nitrogen and oxygen atoms in total. The molecule has 1 aliphatic heterocycles. The third-order valence-electron chi connectivity index (χ3n) is 5.96. The molecule has 8 heteroatoms. The number of piperazine rings is 1. The first-order valence-corrected chi connectivity index (χ1v) is 13.3. The molecule has 2 aromatic rings. The zero-order chi connectivity index (χ0) is 25.9. The van der Waals surface area contributed by atoms with Gasteiger partial charge in [0, 0.05) is 44.0 Å². The molecule has 1 saturated heterocycles. The van der Waals surface area contributed by atoms with Gasteiger partial charge in [-0.3, -0.25) is 4.79 Å².